The summed E-state index contributed by atoms with van der Waals surface area (Å²) in [6, 6.07) is 13.7. The number of hydrogen-bond donors (Lipinski definition) is 1. The molecule has 2 aromatic carbocycles. The number of methoxy groups -OCH3 is 1. The van der Waals surface area contributed by atoms with Crippen molar-refractivity contribution in [1.29, 1.82) is 0 Å². The van der Waals surface area contributed by atoms with Crippen LogP contribution < -0.4 is 10.1 Å². The molecule has 0 unspecified atom stereocenters. The molecule has 2 aromatic rings. The number of hydrogen-bond acceptors (Lipinski definition) is 2. The standard InChI is InChI=1S/C19H22ClNO2/c1-14-13-16(5-9-18(14)23-2)11-12-21-19(22)10-6-15-3-7-17(20)8-4-15/h3-5,7-9,13H,6,10-12H2,1-2H3,(H,21,22). The lowest BCUT2D eigenvalue weighted by Gasteiger charge is -2.08. The quantitative estimate of drug-likeness (QED) is 0.834. The van der Waals surface area contributed by atoms with Crippen LogP contribution in [0.15, 0.2) is 42.5 Å². The van der Waals surface area contributed by atoms with E-state index in [1.165, 1.54) is 5.56 Å². The van der Waals surface area contributed by atoms with E-state index in [-0.39, 0.29) is 5.91 Å². The Bertz CT molecular complexity index is 653. The van der Waals surface area contributed by atoms with Crippen LogP contribution in [0.4, 0.5) is 0 Å². The molecule has 0 aromatic heterocycles. The lowest BCUT2D eigenvalue weighted by Crippen LogP contribution is -2.25. The van der Waals surface area contributed by atoms with Gasteiger partial charge in [-0.1, -0.05) is 35.9 Å². The largest absolute Gasteiger partial charge is 0.496 e. The van der Waals surface area contributed by atoms with Gasteiger partial charge in [-0.25, -0.2) is 0 Å². The molecule has 0 saturated heterocycles. The van der Waals surface area contributed by atoms with Crippen LogP contribution in [0.2, 0.25) is 5.02 Å². The highest BCUT2D eigenvalue weighted by atomic mass is 35.5. The van der Waals surface area contributed by atoms with E-state index in [0.29, 0.717) is 18.0 Å². The van der Waals surface area contributed by atoms with E-state index in [2.05, 4.69) is 11.4 Å². The van der Waals surface area contributed by atoms with Crippen LogP contribution in [0, 0.1) is 6.92 Å². The van der Waals surface area contributed by atoms with E-state index in [9.17, 15) is 4.79 Å². The lowest BCUT2D eigenvalue weighted by atomic mass is 10.1. The van der Waals surface area contributed by atoms with E-state index >= 15 is 0 Å². The van der Waals surface area contributed by atoms with Crippen molar-refractivity contribution in [2.75, 3.05) is 13.7 Å². The molecule has 4 heteroatoms. The Balaban J connectivity index is 1.72. The summed E-state index contributed by atoms with van der Waals surface area (Å²) in [4.78, 5) is 11.9. The Hall–Kier alpha value is -2.00. The summed E-state index contributed by atoms with van der Waals surface area (Å²) < 4.78 is 5.25. The normalized spacial score (nSPS) is 10.4. The Morgan fingerprint density at radius 2 is 1.78 bits per heavy atom. The van der Waals surface area contributed by atoms with Gasteiger partial charge in [-0.05, 0) is 54.7 Å². The minimum absolute atomic E-state index is 0.0742. The molecule has 0 saturated carbocycles. The van der Waals surface area contributed by atoms with Crippen molar-refractivity contribution in [3.05, 3.63) is 64.2 Å². The number of amides is 1. The summed E-state index contributed by atoms with van der Waals surface area (Å²) >= 11 is 5.84. The number of nitrogens with one attached hydrogen (secondary N) is 1. The van der Waals surface area contributed by atoms with Gasteiger partial charge in [-0.2, -0.15) is 0 Å². The third kappa shape index (κ3) is 5.61. The molecule has 122 valence electrons. The van der Waals surface area contributed by atoms with Crippen molar-refractivity contribution in [3.8, 4) is 5.75 Å². The molecular formula is C19H22ClNO2. The zero-order valence-electron chi connectivity index (χ0n) is 13.6. The number of carbonyl (C=O) groups is 1. The summed E-state index contributed by atoms with van der Waals surface area (Å²) in [6.45, 7) is 2.66. The summed E-state index contributed by atoms with van der Waals surface area (Å²) in [5, 5.41) is 3.68. The second-order valence-corrected chi connectivity index (χ2v) is 5.97. The molecule has 0 spiro atoms. The van der Waals surface area contributed by atoms with Crippen LogP contribution in [0.25, 0.3) is 0 Å². The Morgan fingerprint density at radius 3 is 2.43 bits per heavy atom. The average Bonchev–Trinajstić information content (AvgIpc) is 2.54. The van der Waals surface area contributed by atoms with Crippen LogP contribution >= 0.6 is 11.6 Å². The van der Waals surface area contributed by atoms with Gasteiger partial charge >= 0.3 is 0 Å². The van der Waals surface area contributed by atoms with E-state index in [0.717, 1.165) is 29.7 Å². The molecule has 0 atom stereocenters. The van der Waals surface area contributed by atoms with Gasteiger partial charge in [0.15, 0.2) is 0 Å². The van der Waals surface area contributed by atoms with E-state index in [1.807, 2.05) is 43.3 Å². The predicted octanol–water partition coefficient (Wildman–Crippen LogP) is 3.95. The van der Waals surface area contributed by atoms with Gasteiger partial charge in [0.2, 0.25) is 5.91 Å². The van der Waals surface area contributed by atoms with Gasteiger partial charge < -0.3 is 10.1 Å². The third-order valence-electron chi connectivity index (χ3n) is 3.75. The number of carbonyl (C=O) groups excluding carboxylic acids is 1. The van der Waals surface area contributed by atoms with Crippen molar-refractivity contribution in [1.82, 2.24) is 5.32 Å². The van der Waals surface area contributed by atoms with Crippen molar-refractivity contribution in [2.24, 2.45) is 0 Å². The van der Waals surface area contributed by atoms with E-state index < -0.39 is 0 Å². The van der Waals surface area contributed by atoms with Gasteiger partial charge in [0.1, 0.15) is 5.75 Å². The molecule has 0 aliphatic heterocycles. The number of aryl methyl sites for hydroxylation is 2. The summed E-state index contributed by atoms with van der Waals surface area (Å²) in [7, 11) is 1.67. The Labute approximate surface area is 142 Å². The number of rotatable bonds is 7. The molecule has 0 aliphatic rings. The maximum atomic E-state index is 11.9. The fourth-order valence-corrected chi connectivity index (χ4v) is 2.57. The number of ether oxygens (including phenoxy) is 1. The van der Waals surface area contributed by atoms with Gasteiger partial charge in [-0.3, -0.25) is 4.79 Å². The molecule has 0 bridgehead atoms. The Kier molecular flexibility index (Phi) is 6.48. The molecule has 0 heterocycles. The van der Waals surface area contributed by atoms with Gasteiger partial charge in [0, 0.05) is 18.0 Å². The molecule has 0 fully saturated rings. The highest BCUT2D eigenvalue weighted by molar-refractivity contribution is 6.30. The smallest absolute Gasteiger partial charge is 0.220 e. The summed E-state index contributed by atoms with van der Waals surface area (Å²) in [5.41, 5.74) is 3.43. The van der Waals surface area contributed by atoms with Crippen LogP contribution in [-0.2, 0) is 17.6 Å². The first kappa shape index (κ1) is 17.4. The molecule has 0 radical (unpaired) electrons. The number of halogens is 1. The highest BCUT2D eigenvalue weighted by Gasteiger charge is 2.04. The van der Waals surface area contributed by atoms with Crippen LogP contribution in [0.3, 0.4) is 0 Å². The topological polar surface area (TPSA) is 38.3 Å². The van der Waals surface area contributed by atoms with Crippen molar-refractivity contribution in [3.63, 3.8) is 0 Å². The number of benzene rings is 2. The molecule has 3 nitrogen and oxygen atoms in total. The highest BCUT2D eigenvalue weighted by Crippen LogP contribution is 2.18. The lowest BCUT2D eigenvalue weighted by molar-refractivity contribution is -0.121. The van der Waals surface area contributed by atoms with E-state index in [4.69, 9.17) is 16.3 Å². The zero-order valence-corrected chi connectivity index (χ0v) is 14.3. The summed E-state index contributed by atoms with van der Waals surface area (Å²) in [6.07, 6.45) is 2.03. The third-order valence-corrected chi connectivity index (χ3v) is 4.00. The average molecular weight is 332 g/mol. The van der Waals surface area contributed by atoms with Crippen LogP contribution in [-0.4, -0.2) is 19.6 Å². The fraction of sp³-hybridized carbons (Fsp3) is 0.316. The second kappa shape index (κ2) is 8.59. The predicted molar refractivity (Wildman–Crippen MR) is 94.2 cm³/mol. The first-order chi connectivity index (χ1) is 11.1. The van der Waals surface area contributed by atoms with Crippen molar-refractivity contribution in [2.45, 2.75) is 26.2 Å². The second-order valence-electron chi connectivity index (χ2n) is 5.53. The van der Waals surface area contributed by atoms with Gasteiger partial charge in [0.25, 0.3) is 0 Å². The van der Waals surface area contributed by atoms with Gasteiger partial charge in [0.05, 0.1) is 7.11 Å². The van der Waals surface area contributed by atoms with Crippen molar-refractivity contribution < 1.29 is 9.53 Å². The molecule has 23 heavy (non-hydrogen) atoms. The van der Waals surface area contributed by atoms with E-state index in [1.54, 1.807) is 7.11 Å². The minimum Gasteiger partial charge on any atom is -0.496 e. The zero-order chi connectivity index (χ0) is 16.7. The van der Waals surface area contributed by atoms with Gasteiger partial charge in [-0.15, -0.1) is 0 Å². The summed E-state index contributed by atoms with van der Waals surface area (Å²) in [5.74, 6) is 0.964. The molecular weight excluding hydrogens is 310 g/mol. The molecule has 0 aliphatic carbocycles. The Morgan fingerprint density at radius 1 is 1.09 bits per heavy atom. The minimum atomic E-state index is 0.0742. The molecule has 1 amide bonds. The first-order valence-corrected chi connectivity index (χ1v) is 8.11. The fourth-order valence-electron chi connectivity index (χ4n) is 2.44. The maximum absolute atomic E-state index is 11.9. The monoisotopic (exact) mass is 331 g/mol. The van der Waals surface area contributed by atoms with Crippen molar-refractivity contribution >= 4 is 17.5 Å². The molecule has 1 N–H and O–H groups in total. The first-order valence-electron chi connectivity index (χ1n) is 7.73. The SMILES string of the molecule is COc1ccc(CCNC(=O)CCc2ccc(Cl)cc2)cc1C. The molecule has 2 rings (SSSR count). The maximum Gasteiger partial charge on any atom is 0.220 e. The van der Waals surface area contributed by atoms with Crippen LogP contribution in [0.5, 0.6) is 5.75 Å². The van der Waals surface area contributed by atoms with Crippen LogP contribution in [0.1, 0.15) is 23.1 Å².